The van der Waals surface area contributed by atoms with E-state index in [1.54, 1.807) is 6.20 Å². The zero-order chi connectivity index (χ0) is 13.1. The van der Waals surface area contributed by atoms with Gasteiger partial charge in [-0.3, -0.25) is 16.0 Å². The number of nitrogens with two attached hydrogens (primary N) is 1. The van der Waals surface area contributed by atoms with Crippen molar-refractivity contribution in [3.8, 4) is 0 Å². The molecule has 1 atom stereocenters. The van der Waals surface area contributed by atoms with Crippen molar-refractivity contribution in [2.24, 2.45) is 5.84 Å². The van der Waals surface area contributed by atoms with E-state index in [-0.39, 0.29) is 6.04 Å². The Hall–Kier alpha value is -0.830. The molecule has 1 unspecified atom stereocenters. The zero-order valence-electron chi connectivity index (χ0n) is 10.2. The summed E-state index contributed by atoms with van der Waals surface area (Å²) in [5.41, 5.74) is 4.93. The average molecular weight is 331 g/mol. The Kier molecular flexibility index (Phi) is 4.44. The maximum atomic E-state index is 5.62. The third-order valence-electron chi connectivity index (χ3n) is 2.77. The van der Waals surface area contributed by atoms with Gasteiger partial charge in [-0.05, 0) is 41.3 Å². The van der Waals surface area contributed by atoms with Gasteiger partial charge in [0.05, 0.1) is 33.0 Å². The van der Waals surface area contributed by atoms with Crippen LogP contribution < -0.4 is 11.3 Å². The third-order valence-corrected chi connectivity index (χ3v) is 4.58. The van der Waals surface area contributed by atoms with Gasteiger partial charge in [0.1, 0.15) is 0 Å². The second-order valence-electron chi connectivity index (χ2n) is 3.91. The number of aryl methyl sites for hydroxylation is 2. The predicted octanol–water partition coefficient (Wildman–Crippen LogP) is 1.57. The van der Waals surface area contributed by atoms with E-state index in [9.17, 15) is 0 Å². The number of hydrogen-bond acceptors (Lipinski definition) is 6. The minimum absolute atomic E-state index is 0.00250. The van der Waals surface area contributed by atoms with Crippen LogP contribution in [-0.4, -0.2) is 19.4 Å². The van der Waals surface area contributed by atoms with Crippen molar-refractivity contribution in [1.82, 2.24) is 24.8 Å². The Bertz CT molecular complexity index is 509. The van der Waals surface area contributed by atoms with Crippen LogP contribution in [0.4, 0.5) is 0 Å². The zero-order valence-corrected chi connectivity index (χ0v) is 12.6. The van der Waals surface area contributed by atoms with E-state index in [1.807, 2.05) is 11.6 Å². The van der Waals surface area contributed by atoms with Gasteiger partial charge in [-0.2, -0.15) is 5.10 Å². The van der Waals surface area contributed by atoms with Crippen molar-refractivity contribution in [1.29, 1.82) is 0 Å². The van der Waals surface area contributed by atoms with Crippen LogP contribution in [0.5, 0.6) is 0 Å². The minimum Gasteiger partial charge on any atom is -0.271 e. The lowest BCUT2D eigenvalue weighted by atomic mass is 10.1. The first kappa shape index (κ1) is 13.6. The van der Waals surface area contributed by atoms with Crippen LogP contribution in [0.1, 0.15) is 29.2 Å². The van der Waals surface area contributed by atoms with E-state index >= 15 is 0 Å². The topological polar surface area (TPSA) is 81.7 Å². The molecule has 0 aliphatic heterocycles. The van der Waals surface area contributed by atoms with E-state index in [1.165, 1.54) is 11.5 Å². The predicted molar refractivity (Wildman–Crippen MR) is 74.0 cm³/mol. The van der Waals surface area contributed by atoms with Crippen LogP contribution in [0, 0.1) is 6.92 Å². The molecule has 2 rings (SSSR count). The van der Waals surface area contributed by atoms with Gasteiger partial charge in [0.2, 0.25) is 0 Å². The Balaban J connectivity index is 2.27. The summed E-state index contributed by atoms with van der Waals surface area (Å²) >= 11 is 4.94. The molecule has 0 aliphatic carbocycles. The molecule has 6 nitrogen and oxygen atoms in total. The highest BCUT2D eigenvalue weighted by atomic mass is 79.9. The first-order valence-corrected chi connectivity index (χ1v) is 7.19. The van der Waals surface area contributed by atoms with Crippen molar-refractivity contribution >= 4 is 27.5 Å². The molecule has 0 aromatic carbocycles. The summed E-state index contributed by atoms with van der Waals surface area (Å²) < 4.78 is 6.89. The lowest BCUT2D eigenvalue weighted by molar-refractivity contribution is 0.521. The molecule has 0 saturated carbocycles. The molecule has 2 heterocycles. The number of hydrogen-bond donors (Lipinski definition) is 2. The molecular weight excluding hydrogens is 316 g/mol. The van der Waals surface area contributed by atoms with Gasteiger partial charge in [0.15, 0.2) is 0 Å². The van der Waals surface area contributed by atoms with Gasteiger partial charge in [-0.15, -0.1) is 5.10 Å². The highest BCUT2D eigenvalue weighted by Gasteiger charge is 2.19. The second kappa shape index (κ2) is 5.87. The van der Waals surface area contributed by atoms with E-state index in [0.29, 0.717) is 0 Å². The van der Waals surface area contributed by atoms with Crippen molar-refractivity contribution < 1.29 is 0 Å². The number of halogens is 1. The Morgan fingerprint density at radius 2 is 2.39 bits per heavy atom. The first-order chi connectivity index (χ1) is 8.67. The van der Waals surface area contributed by atoms with Gasteiger partial charge in [0.25, 0.3) is 0 Å². The maximum absolute atomic E-state index is 5.62. The smallest absolute Gasteiger partial charge is 0.0738 e. The molecule has 98 valence electrons. The number of rotatable bonds is 5. The lowest BCUT2D eigenvalue weighted by Gasteiger charge is -2.14. The van der Waals surface area contributed by atoms with Crippen LogP contribution in [0.15, 0.2) is 10.7 Å². The highest BCUT2D eigenvalue weighted by Crippen LogP contribution is 2.27. The van der Waals surface area contributed by atoms with Gasteiger partial charge in [0, 0.05) is 13.0 Å². The van der Waals surface area contributed by atoms with Gasteiger partial charge in [-0.1, -0.05) is 4.49 Å². The van der Waals surface area contributed by atoms with Crippen LogP contribution >= 0.6 is 27.5 Å². The number of aromatic nitrogens is 4. The molecule has 18 heavy (non-hydrogen) atoms. The van der Waals surface area contributed by atoms with Crippen LogP contribution in [0.3, 0.4) is 0 Å². The summed E-state index contributed by atoms with van der Waals surface area (Å²) in [4.78, 5) is 1.02. The summed E-state index contributed by atoms with van der Waals surface area (Å²) in [7, 11) is 0. The average Bonchev–Trinajstić information content (AvgIpc) is 2.98. The van der Waals surface area contributed by atoms with Crippen molar-refractivity contribution in [2.75, 3.05) is 0 Å². The molecule has 0 aliphatic rings. The molecule has 0 bridgehead atoms. The molecule has 0 fully saturated rings. The molecule has 0 radical (unpaired) electrons. The lowest BCUT2D eigenvalue weighted by Crippen LogP contribution is -2.29. The highest BCUT2D eigenvalue weighted by molar-refractivity contribution is 9.10. The van der Waals surface area contributed by atoms with Gasteiger partial charge >= 0.3 is 0 Å². The van der Waals surface area contributed by atoms with E-state index in [4.69, 9.17) is 5.84 Å². The number of nitrogens with one attached hydrogen (secondary N) is 1. The van der Waals surface area contributed by atoms with Gasteiger partial charge in [-0.25, -0.2) is 0 Å². The standard InChI is InChI=1S/C10H15BrN6S/c1-3-17-8(10(11)6(2)15-17)4-7(14-12)9-5-13-16-18-9/h5,7,14H,3-4,12H2,1-2H3. The largest absolute Gasteiger partial charge is 0.271 e. The molecule has 0 spiro atoms. The molecular formula is C10H15BrN6S. The van der Waals surface area contributed by atoms with E-state index in [0.717, 1.165) is 33.7 Å². The molecule has 2 aromatic heterocycles. The van der Waals surface area contributed by atoms with E-state index in [2.05, 4.69) is 43.0 Å². The van der Waals surface area contributed by atoms with Crippen molar-refractivity contribution in [3.63, 3.8) is 0 Å². The normalized spacial score (nSPS) is 12.9. The Morgan fingerprint density at radius 3 is 2.94 bits per heavy atom. The minimum atomic E-state index is 0.00250. The second-order valence-corrected chi connectivity index (χ2v) is 5.52. The summed E-state index contributed by atoms with van der Waals surface area (Å²) in [5.74, 6) is 5.62. The molecule has 0 amide bonds. The molecule has 8 heteroatoms. The van der Waals surface area contributed by atoms with E-state index < -0.39 is 0 Å². The van der Waals surface area contributed by atoms with Crippen molar-refractivity contribution in [2.45, 2.75) is 32.9 Å². The summed E-state index contributed by atoms with van der Waals surface area (Å²) in [6.07, 6.45) is 2.48. The fourth-order valence-electron chi connectivity index (χ4n) is 1.83. The van der Waals surface area contributed by atoms with Crippen LogP contribution in [-0.2, 0) is 13.0 Å². The monoisotopic (exact) mass is 330 g/mol. The Morgan fingerprint density at radius 1 is 1.61 bits per heavy atom. The number of nitrogens with zero attached hydrogens (tertiary/aromatic N) is 4. The fourth-order valence-corrected chi connectivity index (χ4v) is 2.83. The molecule has 2 aromatic rings. The quantitative estimate of drug-likeness (QED) is 0.642. The fraction of sp³-hybridized carbons (Fsp3) is 0.500. The summed E-state index contributed by atoms with van der Waals surface area (Å²) in [6, 6.07) is 0.00250. The Labute approximate surface area is 118 Å². The van der Waals surface area contributed by atoms with Gasteiger partial charge < -0.3 is 0 Å². The third kappa shape index (κ3) is 2.61. The summed E-state index contributed by atoms with van der Waals surface area (Å²) in [6.45, 7) is 4.89. The summed E-state index contributed by atoms with van der Waals surface area (Å²) in [5, 5.41) is 8.31. The van der Waals surface area contributed by atoms with Crippen LogP contribution in [0.25, 0.3) is 0 Å². The molecule has 3 N–H and O–H groups in total. The first-order valence-electron chi connectivity index (χ1n) is 5.62. The SMILES string of the molecule is CCn1nc(C)c(Br)c1CC(NN)c1cnns1. The number of hydrazine groups is 1. The van der Waals surface area contributed by atoms with Crippen molar-refractivity contribution in [3.05, 3.63) is 26.9 Å². The van der Waals surface area contributed by atoms with Crippen LogP contribution in [0.2, 0.25) is 0 Å². The molecule has 0 saturated heterocycles. The maximum Gasteiger partial charge on any atom is 0.0738 e.